The fourth-order valence-corrected chi connectivity index (χ4v) is 3.17. The van der Waals surface area contributed by atoms with Crippen LogP contribution in [0.3, 0.4) is 0 Å². The predicted molar refractivity (Wildman–Crippen MR) is 60.5 cm³/mol. The van der Waals surface area contributed by atoms with Crippen molar-refractivity contribution in [2.75, 3.05) is 0 Å². The summed E-state index contributed by atoms with van der Waals surface area (Å²) in [6.45, 7) is 4.06. The van der Waals surface area contributed by atoms with E-state index < -0.39 is 0 Å². The minimum atomic E-state index is -0.191. The first-order valence-electron chi connectivity index (χ1n) is 5.03. The third-order valence-electron chi connectivity index (χ3n) is 3.18. The molecule has 76 valence electrons. The van der Waals surface area contributed by atoms with Gasteiger partial charge in [-0.2, -0.15) is 0 Å². The standard InChI is InChI=1S/C12H16OS/c1-9(13)12(2)8-11(12)14-10-6-4-3-5-7-10/h3-7,9,11,13H,8H2,1-2H3/t9?,11-,12+/m1/s1. The molecule has 1 aliphatic rings. The third kappa shape index (κ3) is 1.82. The van der Waals surface area contributed by atoms with Gasteiger partial charge in [-0.1, -0.05) is 25.1 Å². The van der Waals surface area contributed by atoms with Gasteiger partial charge in [0.05, 0.1) is 6.10 Å². The molecule has 2 rings (SSSR count). The van der Waals surface area contributed by atoms with Crippen LogP contribution in [0.5, 0.6) is 0 Å². The summed E-state index contributed by atoms with van der Waals surface area (Å²) < 4.78 is 0. The van der Waals surface area contributed by atoms with Gasteiger partial charge in [0.25, 0.3) is 0 Å². The maximum Gasteiger partial charge on any atom is 0.0576 e. The highest BCUT2D eigenvalue weighted by atomic mass is 32.2. The van der Waals surface area contributed by atoms with Crippen LogP contribution in [0.25, 0.3) is 0 Å². The number of aliphatic hydroxyl groups excluding tert-OH is 1. The molecule has 3 atom stereocenters. The van der Waals surface area contributed by atoms with Crippen molar-refractivity contribution in [3.63, 3.8) is 0 Å². The van der Waals surface area contributed by atoms with Gasteiger partial charge in [0.15, 0.2) is 0 Å². The Labute approximate surface area is 89.5 Å². The van der Waals surface area contributed by atoms with E-state index >= 15 is 0 Å². The summed E-state index contributed by atoms with van der Waals surface area (Å²) in [6.07, 6.45) is 0.938. The molecule has 1 N–H and O–H groups in total. The summed E-state index contributed by atoms with van der Waals surface area (Å²) in [5.41, 5.74) is 0.139. The van der Waals surface area contributed by atoms with Crippen LogP contribution in [0.15, 0.2) is 35.2 Å². The number of hydrogen-bond acceptors (Lipinski definition) is 2. The van der Waals surface area contributed by atoms with E-state index in [1.165, 1.54) is 4.90 Å². The van der Waals surface area contributed by atoms with Crippen molar-refractivity contribution in [1.29, 1.82) is 0 Å². The Morgan fingerprint density at radius 2 is 2.07 bits per heavy atom. The molecule has 0 bridgehead atoms. The smallest absolute Gasteiger partial charge is 0.0576 e. The van der Waals surface area contributed by atoms with Crippen LogP contribution < -0.4 is 0 Å². The van der Waals surface area contributed by atoms with Crippen LogP contribution in [0.1, 0.15) is 20.3 Å². The molecule has 0 aliphatic heterocycles. The molecular formula is C12H16OS. The summed E-state index contributed by atoms with van der Waals surface area (Å²) in [4.78, 5) is 1.31. The van der Waals surface area contributed by atoms with Gasteiger partial charge in [-0.15, -0.1) is 11.8 Å². The van der Waals surface area contributed by atoms with E-state index in [1.54, 1.807) is 0 Å². The summed E-state index contributed by atoms with van der Waals surface area (Å²) in [7, 11) is 0. The maximum atomic E-state index is 9.59. The van der Waals surface area contributed by atoms with E-state index in [4.69, 9.17) is 0 Å². The summed E-state index contributed by atoms with van der Waals surface area (Å²) in [5, 5.41) is 10.2. The summed E-state index contributed by atoms with van der Waals surface area (Å²) >= 11 is 1.88. The topological polar surface area (TPSA) is 20.2 Å². The van der Waals surface area contributed by atoms with Crippen LogP contribution in [0.4, 0.5) is 0 Å². The Morgan fingerprint density at radius 1 is 1.43 bits per heavy atom. The van der Waals surface area contributed by atoms with E-state index in [0.717, 1.165) is 6.42 Å². The number of benzene rings is 1. The van der Waals surface area contributed by atoms with Gasteiger partial charge in [-0.3, -0.25) is 0 Å². The molecule has 0 heterocycles. The van der Waals surface area contributed by atoms with Crippen LogP contribution in [-0.2, 0) is 0 Å². The largest absolute Gasteiger partial charge is 0.393 e. The highest BCUT2D eigenvalue weighted by Gasteiger charge is 2.53. The van der Waals surface area contributed by atoms with Crippen LogP contribution in [0, 0.1) is 5.41 Å². The van der Waals surface area contributed by atoms with E-state index in [2.05, 4.69) is 31.2 Å². The molecule has 2 heteroatoms. The lowest BCUT2D eigenvalue weighted by Gasteiger charge is -2.13. The first kappa shape index (κ1) is 10.1. The molecule has 1 aromatic rings. The predicted octanol–water partition coefficient (Wildman–Crippen LogP) is 2.94. The summed E-state index contributed by atoms with van der Waals surface area (Å²) in [5.74, 6) is 0. The van der Waals surface area contributed by atoms with E-state index in [1.807, 2.05) is 24.8 Å². The molecule has 1 fully saturated rings. The highest BCUT2D eigenvalue weighted by molar-refractivity contribution is 8.00. The van der Waals surface area contributed by atoms with Crippen molar-refractivity contribution < 1.29 is 5.11 Å². The number of aliphatic hydroxyl groups is 1. The molecule has 0 radical (unpaired) electrons. The van der Waals surface area contributed by atoms with Crippen LogP contribution >= 0.6 is 11.8 Å². The average molecular weight is 208 g/mol. The van der Waals surface area contributed by atoms with Gasteiger partial charge in [-0.25, -0.2) is 0 Å². The van der Waals surface area contributed by atoms with Crippen molar-refractivity contribution >= 4 is 11.8 Å². The molecule has 14 heavy (non-hydrogen) atoms. The van der Waals surface area contributed by atoms with Crippen molar-refractivity contribution in [3.05, 3.63) is 30.3 Å². The zero-order valence-electron chi connectivity index (χ0n) is 8.60. The zero-order valence-corrected chi connectivity index (χ0v) is 9.42. The number of hydrogen-bond donors (Lipinski definition) is 1. The normalized spacial score (nSPS) is 32.6. The maximum absolute atomic E-state index is 9.59. The van der Waals surface area contributed by atoms with Gasteiger partial charge in [0, 0.05) is 15.6 Å². The van der Waals surface area contributed by atoms with Gasteiger partial charge in [0.1, 0.15) is 0 Å². The SMILES string of the molecule is CC(O)[C@]1(C)C[C@H]1Sc1ccccc1. The number of thioether (sulfide) groups is 1. The van der Waals surface area contributed by atoms with Gasteiger partial charge in [-0.05, 0) is 25.5 Å². The first-order valence-corrected chi connectivity index (χ1v) is 5.90. The zero-order chi connectivity index (χ0) is 10.2. The number of rotatable bonds is 3. The van der Waals surface area contributed by atoms with Crippen molar-refractivity contribution in [3.8, 4) is 0 Å². The Balaban J connectivity index is 1.97. The van der Waals surface area contributed by atoms with Gasteiger partial charge in [0.2, 0.25) is 0 Å². The third-order valence-corrected chi connectivity index (χ3v) is 4.71. The lowest BCUT2D eigenvalue weighted by Crippen LogP contribution is -2.17. The molecule has 1 aliphatic carbocycles. The molecule has 0 amide bonds. The monoisotopic (exact) mass is 208 g/mol. The van der Waals surface area contributed by atoms with E-state index in [0.29, 0.717) is 5.25 Å². The second-order valence-electron chi connectivity index (χ2n) is 4.31. The minimum absolute atomic E-state index is 0.139. The Morgan fingerprint density at radius 3 is 2.57 bits per heavy atom. The van der Waals surface area contributed by atoms with Gasteiger partial charge < -0.3 is 5.11 Å². The second-order valence-corrected chi connectivity index (χ2v) is 5.58. The van der Waals surface area contributed by atoms with Crippen molar-refractivity contribution in [2.45, 2.75) is 36.5 Å². The van der Waals surface area contributed by atoms with Crippen molar-refractivity contribution in [2.24, 2.45) is 5.41 Å². The lowest BCUT2D eigenvalue weighted by molar-refractivity contribution is 0.122. The van der Waals surface area contributed by atoms with Crippen LogP contribution in [0.2, 0.25) is 0 Å². The Hall–Kier alpha value is -0.470. The quantitative estimate of drug-likeness (QED) is 0.824. The van der Waals surface area contributed by atoms with E-state index in [9.17, 15) is 5.11 Å². The van der Waals surface area contributed by atoms with Crippen LogP contribution in [-0.4, -0.2) is 16.5 Å². The van der Waals surface area contributed by atoms with E-state index in [-0.39, 0.29) is 11.5 Å². The molecule has 0 saturated heterocycles. The molecule has 1 nitrogen and oxygen atoms in total. The molecular weight excluding hydrogens is 192 g/mol. The molecule has 1 aromatic carbocycles. The van der Waals surface area contributed by atoms with Crippen molar-refractivity contribution in [1.82, 2.24) is 0 Å². The average Bonchev–Trinajstić information content (AvgIpc) is 2.80. The lowest BCUT2D eigenvalue weighted by atomic mass is 10.0. The fourth-order valence-electron chi connectivity index (χ4n) is 1.62. The molecule has 0 spiro atoms. The Bertz CT molecular complexity index is 309. The molecule has 1 saturated carbocycles. The minimum Gasteiger partial charge on any atom is -0.393 e. The second kappa shape index (κ2) is 3.59. The molecule has 0 aromatic heterocycles. The first-order chi connectivity index (χ1) is 6.63. The Kier molecular flexibility index (Phi) is 2.58. The highest BCUT2D eigenvalue weighted by Crippen LogP contribution is 2.57. The molecule has 1 unspecified atom stereocenters. The summed E-state index contributed by atoms with van der Waals surface area (Å²) in [6, 6.07) is 10.4. The fraction of sp³-hybridized carbons (Fsp3) is 0.500. The van der Waals surface area contributed by atoms with Gasteiger partial charge >= 0.3 is 0 Å².